The van der Waals surface area contributed by atoms with E-state index in [1.54, 1.807) is 42.6 Å². The average molecular weight is 439 g/mol. The van der Waals surface area contributed by atoms with Crippen LogP contribution in [-0.2, 0) is 0 Å². The third kappa shape index (κ3) is 5.25. The van der Waals surface area contributed by atoms with E-state index in [2.05, 4.69) is 21.4 Å². The number of piperidine rings is 1. The van der Waals surface area contributed by atoms with Gasteiger partial charge in [-0.15, -0.1) is 0 Å². The second kappa shape index (κ2) is 10.1. The van der Waals surface area contributed by atoms with Crippen molar-refractivity contribution in [1.29, 1.82) is 10.7 Å². The third-order valence-electron chi connectivity index (χ3n) is 5.96. The highest BCUT2D eigenvalue weighted by Gasteiger charge is 2.22. The molecule has 2 aromatic carbocycles. The lowest BCUT2D eigenvalue weighted by Crippen LogP contribution is -2.43. The number of carbonyl (C=O) groups excluding carboxylic acids is 1. The first-order valence-electron chi connectivity index (χ1n) is 11.0. The summed E-state index contributed by atoms with van der Waals surface area (Å²) in [6, 6.07) is 17.1. The molecule has 0 unspecified atom stereocenters. The summed E-state index contributed by atoms with van der Waals surface area (Å²) >= 11 is 0. The van der Waals surface area contributed by atoms with Crippen molar-refractivity contribution in [1.82, 2.24) is 20.2 Å². The molecule has 7 nitrogen and oxygen atoms in total. The first-order valence-corrected chi connectivity index (χ1v) is 11.0. The fourth-order valence-corrected chi connectivity index (χ4v) is 3.90. The van der Waals surface area contributed by atoms with Crippen molar-refractivity contribution in [3.63, 3.8) is 0 Å². The van der Waals surface area contributed by atoms with Crippen LogP contribution in [0.1, 0.15) is 40.2 Å². The topological polar surface area (TPSA) is 109 Å². The number of nitriles is 1. The van der Waals surface area contributed by atoms with Crippen LogP contribution < -0.4 is 5.32 Å². The van der Waals surface area contributed by atoms with Gasteiger partial charge in [-0.05, 0) is 67.4 Å². The molecule has 3 N–H and O–H groups in total. The molecule has 2 heterocycles. The number of benzene rings is 2. The van der Waals surface area contributed by atoms with Gasteiger partial charge in [-0.1, -0.05) is 24.3 Å². The Morgan fingerprint density at radius 2 is 1.82 bits per heavy atom. The number of aromatic amines is 1. The SMILES string of the molecule is CNC1CCN(C(=O)c2ccc(C(=N)/C=C\c3ncc(-c4ccc(C#N)cc4)[nH]3)cc2)CC1. The van der Waals surface area contributed by atoms with Crippen molar-refractivity contribution in [3.05, 3.63) is 83.3 Å². The van der Waals surface area contributed by atoms with Crippen LogP contribution in [0.15, 0.2) is 60.8 Å². The summed E-state index contributed by atoms with van der Waals surface area (Å²) in [6.07, 6.45) is 7.09. The van der Waals surface area contributed by atoms with Gasteiger partial charge in [-0.3, -0.25) is 4.79 Å². The van der Waals surface area contributed by atoms with Crippen molar-refractivity contribution >= 4 is 17.7 Å². The van der Waals surface area contributed by atoms with Crippen molar-refractivity contribution in [3.8, 4) is 17.3 Å². The van der Waals surface area contributed by atoms with Crippen LogP contribution >= 0.6 is 0 Å². The number of nitrogens with zero attached hydrogens (tertiary/aromatic N) is 3. The lowest BCUT2D eigenvalue weighted by atomic mass is 10.0. The number of allylic oxidation sites excluding steroid dienone is 1. The number of carbonyl (C=O) groups is 1. The molecule has 7 heteroatoms. The molecule has 1 aliphatic rings. The predicted octanol–water partition coefficient (Wildman–Crippen LogP) is 3.85. The summed E-state index contributed by atoms with van der Waals surface area (Å²) in [5, 5.41) is 20.5. The molecule has 1 aliphatic heterocycles. The molecule has 0 aliphatic carbocycles. The number of likely N-dealkylation sites (tertiary alicyclic amines) is 1. The first-order chi connectivity index (χ1) is 16.1. The molecule has 0 spiro atoms. The summed E-state index contributed by atoms with van der Waals surface area (Å²) in [7, 11) is 1.96. The maximum Gasteiger partial charge on any atom is 0.253 e. The Balaban J connectivity index is 1.37. The van der Waals surface area contributed by atoms with E-state index in [-0.39, 0.29) is 5.91 Å². The number of rotatable bonds is 6. The van der Waals surface area contributed by atoms with E-state index in [0.717, 1.165) is 42.8 Å². The highest BCUT2D eigenvalue weighted by Crippen LogP contribution is 2.18. The summed E-state index contributed by atoms with van der Waals surface area (Å²) in [4.78, 5) is 22.2. The van der Waals surface area contributed by atoms with E-state index in [1.165, 1.54) is 0 Å². The van der Waals surface area contributed by atoms with E-state index in [1.807, 2.05) is 36.2 Å². The Kier molecular flexibility index (Phi) is 6.77. The van der Waals surface area contributed by atoms with Gasteiger partial charge in [0.05, 0.1) is 29.2 Å². The Labute approximate surface area is 193 Å². The molecule has 166 valence electrons. The van der Waals surface area contributed by atoms with E-state index < -0.39 is 0 Å². The summed E-state index contributed by atoms with van der Waals surface area (Å²) in [5.41, 5.74) is 4.10. The van der Waals surface area contributed by atoms with Crippen LogP contribution in [0.25, 0.3) is 17.3 Å². The van der Waals surface area contributed by atoms with E-state index >= 15 is 0 Å². The van der Waals surface area contributed by atoms with Crippen LogP contribution in [0.4, 0.5) is 0 Å². The number of hydrogen-bond donors (Lipinski definition) is 3. The molecule has 0 bridgehead atoms. The summed E-state index contributed by atoms with van der Waals surface area (Å²) in [6.45, 7) is 1.52. The lowest BCUT2D eigenvalue weighted by molar-refractivity contribution is 0.0707. The standard InChI is InChI=1S/C26H26N6O/c1-29-22-12-14-32(15-13-22)26(33)21-8-6-19(7-9-21)23(28)10-11-25-30-17-24(31-25)20-4-2-18(16-27)3-5-20/h2-11,17,22,28-29H,12-15H2,1H3,(H,30,31)/b11-10-,28-23?. The fourth-order valence-electron chi connectivity index (χ4n) is 3.90. The molecule has 1 saturated heterocycles. The number of imidazole rings is 1. The molecule has 0 radical (unpaired) electrons. The maximum absolute atomic E-state index is 12.8. The van der Waals surface area contributed by atoms with Crippen molar-refractivity contribution in [2.75, 3.05) is 20.1 Å². The number of nitrogens with one attached hydrogen (secondary N) is 3. The minimum absolute atomic E-state index is 0.0455. The minimum atomic E-state index is 0.0455. The highest BCUT2D eigenvalue weighted by molar-refractivity contribution is 6.09. The minimum Gasteiger partial charge on any atom is -0.339 e. The summed E-state index contributed by atoms with van der Waals surface area (Å²) in [5.74, 6) is 0.681. The third-order valence-corrected chi connectivity index (χ3v) is 5.96. The van der Waals surface area contributed by atoms with Crippen LogP contribution in [0.3, 0.4) is 0 Å². The molecule has 3 aromatic rings. The Morgan fingerprint density at radius 1 is 1.15 bits per heavy atom. The van der Waals surface area contributed by atoms with Gasteiger partial charge in [0.1, 0.15) is 5.82 Å². The fraction of sp³-hybridized carbons (Fsp3) is 0.231. The van der Waals surface area contributed by atoms with Gasteiger partial charge in [-0.2, -0.15) is 5.26 Å². The second-order valence-corrected chi connectivity index (χ2v) is 8.05. The van der Waals surface area contributed by atoms with Crippen LogP contribution in [0.2, 0.25) is 0 Å². The van der Waals surface area contributed by atoms with E-state index in [9.17, 15) is 4.79 Å². The molecule has 0 saturated carbocycles. The van der Waals surface area contributed by atoms with Gasteiger partial charge in [0.25, 0.3) is 5.91 Å². The van der Waals surface area contributed by atoms with Crippen LogP contribution in [-0.4, -0.2) is 52.7 Å². The summed E-state index contributed by atoms with van der Waals surface area (Å²) < 4.78 is 0. The molecule has 4 rings (SSSR count). The Bertz CT molecular complexity index is 1190. The first kappa shape index (κ1) is 22.2. The zero-order chi connectivity index (χ0) is 23.2. The second-order valence-electron chi connectivity index (χ2n) is 8.05. The van der Waals surface area contributed by atoms with Crippen molar-refractivity contribution < 1.29 is 4.79 Å². The van der Waals surface area contributed by atoms with Gasteiger partial charge in [-0.25, -0.2) is 4.98 Å². The largest absolute Gasteiger partial charge is 0.339 e. The van der Waals surface area contributed by atoms with Gasteiger partial charge in [0, 0.05) is 24.7 Å². The molecule has 1 amide bonds. The van der Waals surface area contributed by atoms with Gasteiger partial charge in [0.15, 0.2) is 0 Å². The van der Waals surface area contributed by atoms with Crippen LogP contribution in [0, 0.1) is 16.7 Å². The predicted molar refractivity (Wildman–Crippen MR) is 129 cm³/mol. The van der Waals surface area contributed by atoms with Gasteiger partial charge in [0.2, 0.25) is 0 Å². The zero-order valence-electron chi connectivity index (χ0n) is 18.5. The normalized spacial score (nSPS) is 14.4. The van der Waals surface area contributed by atoms with Crippen molar-refractivity contribution in [2.24, 2.45) is 0 Å². The smallest absolute Gasteiger partial charge is 0.253 e. The molecule has 0 atom stereocenters. The monoisotopic (exact) mass is 438 g/mol. The molecular formula is C26H26N6O. The van der Waals surface area contributed by atoms with Crippen LogP contribution in [0.5, 0.6) is 0 Å². The molecule has 33 heavy (non-hydrogen) atoms. The Morgan fingerprint density at radius 3 is 2.45 bits per heavy atom. The van der Waals surface area contributed by atoms with Crippen molar-refractivity contribution in [2.45, 2.75) is 18.9 Å². The number of hydrogen-bond acceptors (Lipinski definition) is 5. The average Bonchev–Trinajstić information content (AvgIpc) is 3.36. The Hall–Kier alpha value is -4.02. The van der Waals surface area contributed by atoms with E-state index in [0.29, 0.717) is 28.7 Å². The van der Waals surface area contributed by atoms with Gasteiger partial charge >= 0.3 is 0 Å². The maximum atomic E-state index is 12.8. The lowest BCUT2D eigenvalue weighted by Gasteiger charge is -2.31. The molecule has 1 fully saturated rings. The van der Waals surface area contributed by atoms with E-state index in [4.69, 9.17) is 10.7 Å². The quantitative estimate of drug-likeness (QED) is 0.508. The number of H-pyrrole nitrogens is 1. The zero-order valence-corrected chi connectivity index (χ0v) is 18.5. The number of aromatic nitrogens is 2. The molecule has 1 aromatic heterocycles. The highest BCUT2D eigenvalue weighted by atomic mass is 16.2. The number of amides is 1. The molecular weight excluding hydrogens is 412 g/mol. The van der Waals surface area contributed by atoms with Gasteiger partial charge < -0.3 is 20.6 Å².